The van der Waals surface area contributed by atoms with Gasteiger partial charge in [-0.25, -0.2) is 0 Å². The van der Waals surface area contributed by atoms with Crippen LogP contribution in [-0.2, 0) is 23.3 Å². The Morgan fingerprint density at radius 2 is 0.828 bits per heavy atom. The van der Waals surface area contributed by atoms with Crippen molar-refractivity contribution in [1.29, 1.82) is 0 Å². The van der Waals surface area contributed by atoms with Gasteiger partial charge in [-0.3, -0.25) is 0 Å². The van der Waals surface area contributed by atoms with Crippen LogP contribution >= 0.6 is 24.8 Å². The van der Waals surface area contributed by atoms with E-state index < -0.39 is 0 Å². The van der Waals surface area contributed by atoms with Crippen molar-refractivity contribution in [2.75, 3.05) is 0 Å². The molecule has 10 aromatic carbocycles. The first kappa shape index (κ1) is 46.1. The van der Waals surface area contributed by atoms with E-state index in [2.05, 4.69) is 210 Å². The Morgan fingerprint density at radius 1 is 0.414 bits per heavy atom. The van der Waals surface area contributed by atoms with E-state index in [9.17, 15) is 0 Å². The first-order chi connectivity index (χ1) is 26.5. The molecule has 0 bridgehead atoms. The summed E-state index contributed by atoms with van der Waals surface area (Å²) in [6, 6.07) is 66.4. The van der Waals surface area contributed by atoms with E-state index in [1.54, 1.807) is 0 Å². The van der Waals surface area contributed by atoms with E-state index in [0.717, 1.165) is 0 Å². The van der Waals surface area contributed by atoms with Gasteiger partial charge in [0.2, 0.25) is 0 Å². The average molecular weight is 887 g/mol. The predicted molar refractivity (Wildman–Crippen MR) is 260 cm³/mol. The number of hydrogen-bond donors (Lipinski definition) is 0. The van der Waals surface area contributed by atoms with Gasteiger partial charge in [0.1, 0.15) is 0 Å². The molecule has 0 aliphatic heterocycles. The standard InChI is InChI=1S/C30H21.C22H19.2CH3.2ClH.Si.Zr/c1-20-16-23-18-24(27-14-6-10-21-8-2-4-12-25(21)27)19-30(29(23)17-20)28-15-7-11-22-9-3-5-13-26(22)28;1-15(2)18-13-17-9-6-12-21(22(17)14-18)20-11-5-8-16-7-3-4-10-19(16)20;;;;;;/h2-19H,1H3;3-15H,1-2H3;2*1H3;2*1H;;/q4*-1;;;;. The molecule has 4 heteroatoms. The number of rotatable bonds is 4. The molecule has 2 radical (unpaired) electrons. The Bertz CT molecular complexity index is 2920. The van der Waals surface area contributed by atoms with E-state index in [1.807, 2.05) is 0 Å². The van der Waals surface area contributed by atoms with Crippen LogP contribution in [0.1, 0.15) is 30.9 Å². The van der Waals surface area contributed by atoms with Crippen LogP contribution < -0.4 is 0 Å². The summed E-state index contributed by atoms with van der Waals surface area (Å²) in [5.74, 6) is 0.563. The topological polar surface area (TPSA) is 0 Å². The van der Waals surface area contributed by atoms with Crippen LogP contribution in [0.2, 0.25) is 0 Å². The molecule has 0 aliphatic rings. The Balaban J connectivity index is 0.000000239. The van der Waals surface area contributed by atoms with Crippen LogP contribution in [0.3, 0.4) is 0 Å². The molecular weight excluding hydrogens is 839 g/mol. The Kier molecular flexibility index (Phi) is 16.2. The molecule has 10 rings (SSSR count). The van der Waals surface area contributed by atoms with Gasteiger partial charge in [0.15, 0.2) is 0 Å². The molecule has 290 valence electrons. The first-order valence-electron chi connectivity index (χ1n) is 18.6. The van der Waals surface area contributed by atoms with Crippen LogP contribution in [0.5, 0.6) is 0 Å². The van der Waals surface area contributed by atoms with Crippen molar-refractivity contribution in [3.63, 3.8) is 0 Å². The van der Waals surface area contributed by atoms with E-state index >= 15 is 0 Å². The molecule has 0 amide bonds. The van der Waals surface area contributed by atoms with Crippen molar-refractivity contribution in [3.8, 4) is 33.4 Å². The van der Waals surface area contributed by atoms with Crippen molar-refractivity contribution in [1.82, 2.24) is 0 Å². The average Bonchev–Trinajstić information content (AvgIpc) is 3.84. The number of hydrogen-bond acceptors (Lipinski definition) is 0. The minimum atomic E-state index is 0. The predicted octanol–water partition coefficient (Wildman–Crippen LogP) is 16.4. The third-order valence-corrected chi connectivity index (χ3v) is 10.7. The molecule has 0 fully saturated rings. The molecule has 0 spiro atoms. The maximum absolute atomic E-state index is 3.06. The van der Waals surface area contributed by atoms with Crippen LogP contribution in [0.15, 0.2) is 182 Å². The van der Waals surface area contributed by atoms with Gasteiger partial charge in [0.25, 0.3) is 0 Å². The summed E-state index contributed by atoms with van der Waals surface area (Å²) in [4.78, 5) is 0. The van der Waals surface area contributed by atoms with E-state index in [4.69, 9.17) is 0 Å². The van der Waals surface area contributed by atoms with Gasteiger partial charge in [0.05, 0.1) is 0 Å². The molecule has 0 heterocycles. The first-order valence-corrected chi connectivity index (χ1v) is 22.8. The molecular formula is C54H48Cl2SiZr-4. The summed E-state index contributed by atoms with van der Waals surface area (Å²) in [5, 5.41) is 13.1. The van der Waals surface area contributed by atoms with Gasteiger partial charge in [0, 0.05) is 0 Å². The maximum atomic E-state index is 3.06. The van der Waals surface area contributed by atoms with Gasteiger partial charge < -0.3 is 14.9 Å². The summed E-state index contributed by atoms with van der Waals surface area (Å²) in [6.07, 6.45) is 0. The van der Waals surface area contributed by atoms with E-state index in [1.165, 1.54) is 122 Å². The number of fused-ring (bicyclic) bond motifs is 5. The van der Waals surface area contributed by atoms with Gasteiger partial charge in [-0.2, -0.15) is 12.1 Å². The summed E-state index contributed by atoms with van der Waals surface area (Å²) in [6.45, 7) is 9.76. The molecule has 58 heavy (non-hydrogen) atoms. The summed E-state index contributed by atoms with van der Waals surface area (Å²) in [7, 11) is 0. The van der Waals surface area contributed by atoms with Crippen LogP contribution in [-0.4, -0.2) is 6.88 Å². The van der Waals surface area contributed by atoms with Crippen molar-refractivity contribution in [2.45, 2.75) is 26.7 Å². The monoisotopic (exact) mass is 884 g/mol. The zero-order valence-corrected chi connectivity index (χ0v) is 38.8. The SMILES string of the molecule is CC(C)c1cc2c(-c3cccc4ccccc34)cccc2[cH-]1.Cc1cc2c(-c3cccc4ccccc34)cc(-c3cccc4ccccc34)cc2[cH-]1.Cl.Cl.[CH3-].[CH3-].[Si]=[Zr]. The zero-order valence-electron chi connectivity index (χ0n) is 33.7. The Hall–Kier alpha value is -4.56. The van der Waals surface area contributed by atoms with Crippen molar-refractivity contribution in [3.05, 3.63) is 208 Å². The number of aryl methyl sites for hydroxylation is 1. The van der Waals surface area contributed by atoms with E-state index in [0.29, 0.717) is 5.92 Å². The summed E-state index contributed by atoms with van der Waals surface area (Å²) >= 11 is 1.36. The summed E-state index contributed by atoms with van der Waals surface area (Å²) < 4.78 is 0. The number of benzene rings is 8. The van der Waals surface area contributed by atoms with E-state index in [-0.39, 0.29) is 39.7 Å². The van der Waals surface area contributed by atoms with Gasteiger partial charge in [-0.1, -0.05) is 177 Å². The summed E-state index contributed by atoms with van der Waals surface area (Å²) in [5.41, 5.74) is 10.5. The fourth-order valence-electron chi connectivity index (χ4n) is 8.07. The second-order valence-corrected chi connectivity index (χ2v) is 14.4. The van der Waals surface area contributed by atoms with Crippen molar-refractivity contribution >= 4 is 85.6 Å². The van der Waals surface area contributed by atoms with Crippen LogP contribution in [0, 0.1) is 21.8 Å². The molecule has 0 unspecified atom stereocenters. The molecule has 0 saturated heterocycles. The fourth-order valence-corrected chi connectivity index (χ4v) is 8.07. The van der Waals surface area contributed by atoms with Crippen LogP contribution in [0.25, 0.3) is 87.2 Å². The zero-order chi connectivity index (χ0) is 37.2. The number of halogens is 2. The van der Waals surface area contributed by atoms with Crippen LogP contribution in [0.4, 0.5) is 0 Å². The molecule has 0 saturated carbocycles. The van der Waals surface area contributed by atoms with Crippen molar-refractivity contribution < 1.29 is 23.3 Å². The molecule has 0 nitrogen and oxygen atoms in total. The molecule has 0 aliphatic carbocycles. The second-order valence-electron chi connectivity index (χ2n) is 14.4. The quantitative estimate of drug-likeness (QED) is 0.122. The molecule has 0 N–H and O–H groups in total. The van der Waals surface area contributed by atoms with Gasteiger partial charge in [-0.15, -0.1) is 87.8 Å². The third kappa shape index (κ3) is 9.02. The van der Waals surface area contributed by atoms with Gasteiger partial charge in [-0.05, 0) is 54.9 Å². The second kappa shape index (κ2) is 20.4. The Labute approximate surface area is 374 Å². The van der Waals surface area contributed by atoms with Crippen molar-refractivity contribution in [2.24, 2.45) is 0 Å². The fraction of sp³-hybridized carbons (Fsp3) is 0.0741. The molecule has 0 aromatic heterocycles. The third-order valence-electron chi connectivity index (χ3n) is 10.7. The minimum absolute atomic E-state index is 0. The molecule has 10 aromatic rings. The van der Waals surface area contributed by atoms with Gasteiger partial charge >= 0.3 is 30.2 Å². The normalized spacial score (nSPS) is 10.4. The Morgan fingerprint density at radius 3 is 1.36 bits per heavy atom. The molecule has 0 atom stereocenters.